The Morgan fingerprint density at radius 3 is 2.24 bits per heavy atom. The fourth-order valence-electron chi connectivity index (χ4n) is 4.88. The summed E-state index contributed by atoms with van der Waals surface area (Å²) in [6, 6.07) is 30.9. The van der Waals surface area contributed by atoms with Crippen molar-refractivity contribution in [2.75, 3.05) is 18.0 Å². The van der Waals surface area contributed by atoms with Crippen LogP contribution in [0.2, 0.25) is 0 Å². The van der Waals surface area contributed by atoms with Gasteiger partial charge in [-0.3, -0.25) is 9.59 Å². The number of carbonyl (C=O) groups excluding carboxylic acids is 2. The minimum Gasteiger partial charge on any atom is -0.477 e. The number of amides is 2. The van der Waals surface area contributed by atoms with Crippen molar-refractivity contribution < 1.29 is 22.7 Å². The second kappa shape index (κ2) is 12.6. The monoisotopic (exact) mass is 583 g/mol. The van der Waals surface area contributed by atoms with E-state index in [2.05, 4.69) is 5.32 Å². The van der Waals surface area contributed by atoms with Gasteiger partial charge in [0, 0.05) is 13.1 Å². The molecule has 0 aromatic heterocycles. The molecule has 8 nitrogen and oxygen atoms in total. The van der Waals surface area contributed by atoms with Crippen molar-refractivity contribution in [1.82, 2.24) is 9.62 Å². The number of fused-ring (bicyclic) bond motifs is 1. The maximum atomic E-state index is 14.0. The number of benzene rings is 4. The number of nitrogens with zero attached hydrogens (tertiary/aromatic N) is 2. The molecule has 9 heteroatoms. The summed E-state index contributed by atoms with van der Waals surface area (Å²) in [5.74, 6) is -0.448. The SMILES string of the molecule is Cc1ccc(C)c(S(=O)(=O)N(CC(=O)N2CC(C(=O)NCc3ccccc3)Oc3ccccc32)Cc2ccccc2)c1. The zero-order valence-electron chi connectivity index (χ0n) is 23.6. The number of anilines is 1. The van der Waals surface area contributed by atoms with E-state index >= 15 is 0 Å². The van der Waals surface area contributed by atoms with E-state index in [1.807, 2.05) is 73.7 Å². The van der Waals surface area contributed by atoms with Crippen LogP contribution in [0.3, 0.4) is 0 Å². The molecule has 216 valence electrons. The number of ether oxygens (including phenoxy) is 1. The maximum Gasteiger partial charge on any atom is 0.263 e. The predicted octanol–water partition coefficient (Wildman–Crippen LogP) is 4.60. The standard InChI is InChI=1S/C33H33N3O5S/c1-24-17-18-25(2)31(19-24)42(39,40)35(21-27-13-7-4-8-14-27)23-32(37)36-22-30(41-29-16-10-9-15-28(29)36)33(38)34-20-26-11-5-3-6-12-26/h3-19,30H,20-23H2,1-2H3,(H,34,38). The highest BCUT2D eigenvalue weighted by Crippen LogP contribution is 2.34. The van der Waals surface area contributed by atoms with Gasteiger partial charge in [0.2, 0.25) is 15.9 Å². The van der Waals surface area contributed by atoms with E-state index in [1.165, 1.54) is 9.21 Å². The van der Waals surface area contributed by atoms with Crippen LogP contribution in [0.5, 0.6) is 5.75 Å². The van der Waals surface area contributed by atoms with E-state index in [9.17, 15) is 18.0 Å². The Bertz CT molecular complexity index is 1680. The van der Waals surface area contributed by atoms with Crippen molar-refractivity contribution in [2.24, 2.45) is 0 Å². The summed E-state index contributed by atoms with van der Waals surface area (Å²) in [7, 11) is -4.06. The molecule has 0 saturated carbocycles. The molecule has 2 amide bonds. The largest absolute Gasteiger partial charge is 0.477 e. The van der Waals surface area contributed by atoms with Crippen LogP contribution in [0.1, 0.15) is 22.3 Å². The zero-order chi connectivity index (χ0) is 29.7. The lowest BCUT2D eigenvalue weighted by molar-refractivity contribution is -0.128. The maximum absolute atomic E-state index is 14.0. The van der Waals surface area contributed by atoms with Gasteiger partial charge < -0.3 is 15.0 Å². The molecule has 0 aliphatic carbocycles. The van der Waals surface area contributed by atoms with Crippen molar-refractivity contribution in [3.05, 3.63) is 125 Å². The second-order valence-electron chi connectivity index (χ2n) is 10.3. The van der Waals surface area contributed by atoms with E-state index in [0.717, 1.165) is 16.7 Å². The Balaban J connectivity index is 1.42. The van der Waals surface area contributed by atoms with Gasteiger partial charge >= 0.3 is 0 Å². The molecule has 1 aliphatic heterocycles. The summed E-state index contributed by atoms with van der Waals surface area (Å²) in [5.41, 5.74) is 3.57. The predicted molar refractivity (Wildman–Crippen MR) is 161 cm³/mol. The molecule has 1 unspecified atom stereocenters. The zero-order valence-corrected chi connectivity index (χ0v) is 24.4. The number of sulfonamides is 1. The fourth-order valence-corrected chi connectivity index (χ4v) is 6.57. The molecule has 5 rings (SSSR count). The highest BCUT2D eigenvalue weighted by atomic mass is 32.2. The van der Waals surface area contributed by atoms with Crippen molar-refractivity contribution in [2.45, 2.75) is 37.9 Å². The average molecular weight is 584 g/mol. The van der Waals surface area contributed by atoms with E-state index in [1.54, 1.807) is 43.3 Å². The molecule has 1 heterocycles. The second-order valence-corrected chi connectivity index (χ2v) is 12.2. The summed E-state index contributed by atoms with van der Waals surface area (Å²) < 4.78 is 35.3. The molecule has 0 bridgehead atoms. The van der Waals surface area contributed by atoms with Gasteiger partial charge in [0.05, 0.1) is 23.7 Å². The molecule has 1 aliphatic rings. The normalized spacial score (nSPS) is 14.6. The van der Waals surface area contributed by atoms with Crippen LogP contribution < -0.4 is 15.0 Å². The molecule has 0 saturated heterocycles. The van der Waals surface area contributed by atoms with Gasteiger partial charge in [-0.1, -0.05) is 84.9 Å². The van der Waals surface area contributed by atoms with Crippen LogP contribution in [0.15, 0.2) is 108 Å². The Morgan fingerprint density at radius 1 is 0.881 bits per heavy atom. The van der Waals surface area contributed by atoms with Crippen LogP contribution in [-0.4, -0.2) is 43.7 Å². The molecule has 0 radical (unpaired) electrons. The highest BCUT2D eigenvalue weighted by Gasteiger charge is 2.36. The van der Waals surface area contributed by atoms with E-state index in [-0.39, 0.29) is 23.9 Å². The van der Waals surface area contributed by atoms with Crippen LogP contribution in [0.4, 0.5) is 5.69 Å². The van der Waals surface area contributed by atoms with E-state index < -0.39 is 28.6 Å². The summed E-state index contributed by atoms with van der Waals surface area (Å²) in [6.45, 7) is 3.42. The van der Waals surface area contributed by atoms with Crippen molar-refractivity contribution in [1.29, 1.82) is 0 Å². The lowest BCUT2D eigenvalue weighted by atomic mass is 10.1. The molecule has 0 fully saturated rings. The Kier molecular flexibility index (Phi) is 8.70. The van der Waals surface area contributed by atoms with E-state index in [0.29, 0.717) is 23.5 Å². The minimum absolute atomic E-state index is 0.00920. The van der Waals surface area contributed by atoms with Gasteiger partial charge in [-0.15, -0.1) is 0 Å². The van der Waals surface area contributed by atoms with Crippen LogP contribution in [0, 0.1) is 13.8 Å². The van der Waals surface area contributed by atoms with Crippen LogP contribution >= 0.6 is 0 Å². The number of rotatable bonds is 9. The smallest absolute Gasteiger partial charge is 0.263 e. The first-order chi connectivity index (χ1) is 20.2. The Hall–Kier alpha value is -4.47. The molecular weight excluding hydrogens is 550 g/mol. The third-order valence-corrected chi connectivity index (χ3v) is 9.09. The number of nitrogens with one attached hydrogen (secondary N) is 1. The lowest BCUT2D eigenvalue weighted by Crippen LogP contribution is -2.52. The topological polar surface area (TPSA) is 96.0 Å². The highest BCUT2D eigenvalue weighted by molar-refractivity contribution is 7.89. The average Bonchev–Trinajstić information content (AvgIpc) is 3.01. The summed E-state index contributed by atoms with van der Waals surface area (Å²) in [5, 5.41) is 2.88. The van der Waals surface area contributed by atoms with Crippen molar-refractivity contribution in [3.63, 3.8) is 0 Å². The quantitative estimate of drug-likeness (QED) is 0.311. The first-order valence-electron chi connectivity index (χ1n) is 13.7. The third-order valence-electron chi connectivity index (χ3n) is 7.15. The summed E-state index contributed by atoms with van der Waals surface area (Å²) in [4.78, 5) is 28.7. The number of aryl methyl sites for hydroxylation is 2. The molecule has 4 aromatic carbocycles. The summed E-state index contributed by atoms with van der Waals surface area (Å²) >= 11 is 0. The molecule has 0 spiro atoms. The van der Waals surface area contributed by atoms with E-state index in [4.69, 9.17) is 4.74 Å². The molecule has 4 aromatic rings. The van der Waals surface area contributed by atoms with Crippen molar-refractivity contribution >= 4 is 27.5 Å². The van der Waals surface area contributed by atoms with Crippen molar-refractivity contribution in [3.8, 4) is 5.75 Å². The third kappa shape index (κ3) is 6.53. The Morgan fingerprint density at radius 2 is 1.52 bits per heavy atom. The van der Waals surface area contributed by atoms with Gasteiger partial charge in [-0.2, -0.15) is 4.31 Å². The molecule has 1 atom stereocenters. The first-order valence-corrected chi connectivity index (χ1v) is 15.2. The van der Waals surface area contributed by atoms with Crippen LogP contribution in [-0.2, 0) is 32.7 Å². The van der Waals surface area contributed by atoms with Gasteiger partial charge in [0.25, 0.3) is 5.91 Å². The fraction of sp³-hybridized carbons (Fsp3) is 0.212. The van der Waals surface area contributed by atoms with Gasteiger partial charge in [-0.25, -0.2) is 8.42 Å². The molecule has 42 heavy (non-hydrogen) atoms. The number of carbonyl (C=O) groups is 2. The van der Waals surface area contributed by atoms with Gasteiger partial charge in [0.1, 0.15) is 5.75 Å². The molecule has 1 N–H and O–H groups in total. The lowest BCUT2D eigenvalue weighted by Gasteiger charge is -2.35. The molecular formula is C33H33N3O5S. The number of hydrogen-bond donors (Lipinski definition) is 1. The first kappa shape index (κ1) is 29.0. The number of para-hydroxylation sites is 2. The van der Waals surface area contributed by atoms with Gasteiger partial charge in [0.15, 0.2) is 6.10 Å². The Labute approximate surface area is 246 Å². The van der Waals surface area contributed by atoms with Gasteiger partial charge in [-0.05, 0) is 54.3 Å². The minimum atomic E-state index is -4.06. The number of hydrogen-bond acceptors (Lipinski definition) is 5. The van der Waals surface area contributed by atoms with Crippen LogP contribution in [0.25, 0.3) is 0 Å². The summed E-state index contributed by atoms with van der Waals surface area (Å²) in [6.07, 6.45) is -0.967.